The summed E-state index contributed by atoms with van der Waals surface area (Å²) >= 11 is 1.40. The molecular formula is C16H26N2O3S. The van der Waals surface area contributed by atoms with Crippen molar-refractivity contribution in [2.24, 2.45) is 5.92 Å². The van der Waals surface area contributed by atoms with Crippen molar-refractivity contribution in [3.8, 4) is 0 Å². The first-order chi connectivity index (χ1) is 10.5. The van der Waals surface area contributed by atoms with Crippen molar-refractivity contribution >= 4 is 23.2 Å². The number of rotatable bonds is 9. The quantitative estimate of drug-likeness (QED) is 0.652. The van der Waals surface area contributed by atoms with Crippen molar-refractivity contribution in [1.29, 1.82) is 0 Å². The van der Waals surface area contributed by atoms with Crippen molar-refractivity contribution in [3.05, 3.63) is 16.1 Å². The number of thiazole rings is 1. The first-order valence-electron chi connectivity index (χ1n) is 7.87. The Bertz CT molecular complexity index is 485. The Balaban J connectivity index is 2.71. The molecule has 0 unspecified atom stereocenters. The van der Waals surface area contributed by atoms with Gasteiger partial charge in [0.1, 0.15) is 5.01 Å². The van der Waals surface area contributed by atoms with Gasteiger partial charge in [-0.1, -0.05) is 20.8 Å². The molecule has 1 rings (SSSR count). The van der Waals surface area contributed by atoms with E-state index in [1.54, 1.807) is 12.3 Å². The molecule has 1 aromatic rings. The summed E-state index contributed by atoms with van der Waals surface area (Å²) in [4.78, 5) is 30.0. The molecule has 1 amide bonds. The monoisotopic (exact) mass is 326 g/mol. The van der Waals surface area contributed by atoms with Crippen LogP contribution in [0.1, 0.15) is 62.5 Å². The van der Waals surface area contributed by atoms with Crippen LogP contribution in [0.2, 0.25) is 0 Å². The Morgan fingerprint density at radius 3 is 2.68 bits per heavy atom. The number of nitrogens with zero attached hydrogens (tertiary/aromatic N) is 2. The maximum absolute atomic E-state index is 12.2. The summed E-state index contributed by atoms with van der Waals surface area (Å²) in [7, 11) is 0. The minimum Gasteiger partial charge on any atom is -0.461 e. The highest BCUT2D eigenvalue weighted by atomic mass is 32.1. The summed E-state index contributed by atoms with van der Waals surface area (Å²) in [6.07, 6.45) is 2.35. The predicted octanol–water partition coefficient (Wildman–Crippen LogP) is 3.49. The number of hydrogen-bond acceptors (Lipinski definition) is 5. The van der Waals surface area contributed by atoms with Crippen molar-refractivity contribution in [3.63, 3.8) is 0 Å². The van der Waals surface area contributed by atoms with E-state index in [0.717, 1.165) is 24.4 Å². The molecule has 0 aliphatic carbocycles. The smallest absolute Gasteiger partial charge is 0.357 e. The van der Waals surface area contributed by atoms with Gasteiger partial charge in [0.05, 0.1) is 13.2 Å². The van der Waals surface area contributed by atoms with Crippen LogP contribution in [-0.2, 0) is 16.1 Å². The SMILES string of the molecule is CCCC(=O)N(CCC(C)C)Cc1nc(C(=O)OCC)cs1. The van der Waals surface area contributed by atoms with Crippen molar-refractivity contribution in [2.75, 3.05) is 13.2 Å². The zero-order chi connectivity index (χ0) is 16.5. The molecule has 1 heterocycles. The summed E-state index contributed by atoms with van der Waals surface area (Å²) in [5.74, 6) is 0.290. The highest BCUT2D eigenvalue weighted by Gasteiger charge is 2.17. The minimum absolute atomic E-state index is 0.149. The summed E-state index contributed by atoms with van der Waals surface area (Å²) in [5.41, 5.74) is 0.327. The van der Waals surface area contributed by atoms with E-state index in [9.17, 15) is 9.59 Å². The van der Waals surface area contributed by atoms with Crippen molar-refractivity contribution in [2.45, 2.75) is 53.5 Å². The van der Waals surface area contributed by atoms with Gasteiger partial charge in [-0.05, 0) is 25.7 Å². The maximum atomic E-state index is 12.2. The average molecular weight is 326 g/mol. The van der Waals surface area contributed by atoms with Gasteiger partial charge in [-0.3, -0.25) is 4.79 Å². The molecule has 0 bridgehead atoms. The van der Waals surface area contributed by atoms with Crippen molar-refractivity contribution in [1.82, 2.24) is 9.88 Å². The molecule has 0 saturated carbocycles. The van der Waals surface area contributed by atoms with Crippen LogP contribution in [-0.4, -0.2) is 34.9 Å². The van der Waals surface area contributed by atoms with Gasteiger partial charge >= 0.3 is 5.97 Å². The maximum Gasteiger partial charge on any atom is 0.357 e. The molecular weight excluding hydrogens is 300 g/mol. The first kappa shape index (κ1) is 18.6. The van der Waals surface area contributed by atoms with E-state index < -0.39 is 5.97 Å². The van der Waals surface area contributed by atoms with Gasteiger partial charge < -0.3 is 9.64 Å². The molecule has 124 valence electrons. The third-order valence-electron chi connectivity index (χ3n) is 3.16. The van der Waals surface area contributed by atoms with Gasteiger partial charge in [0, 0.05) is 18.3 Å². The van der Waals surface area contributed by atoms with Gasteiger partial charge in [-0.25, -0.2) is 9.78 Å². The predicted molar refractivity (Wildman–Crippen MR) is 87.9 cm³/mol. The van der Waals surface area contributed by atoms with E-state index in [1.165, 1.54) is 11.3 Å². The van der Waals surface area contributed by atoms with Gasteiger partial charge in [0.15, 0.2) is 5.69 Å². The zero-order valence-electron chi connectivity index (χ0n) is 13.9. The van der Waals surface area contributed by atoms with Crippen LogP contribution in [0.4, 0.5) is 0 Å². The fourth-order valence-corrected chi connectivity index (χ4v) is 2.70. The molecule has 0 radical (unpaired) electrons. The van der Waals surface area contributed by atoms with Gasteiger partial charge in [-0.15, -0.1) is 11.3 Å². The van der Waals surface area contributed by atoms with E-state index in [0.29, 0.717) is 31.2 Å². The number of aromatic nitrogens is 1. The van der Waals surface area contributed by atoms with Crippen LogP contribution in [0, 0.1) is 5.92 Å². The molecule has 0 fully saturated rings. The van der Waals surface area contributed by atoms with E-state index >= 15 is 0 Å². The molecule has 0 aliphatic heterocycles. The number of ether oxygens (including phenoxy) is 1. The van der Waals surface area contributed by atoms with Crippen LogP contribution in [0.15, 0.2) is 5.38 Å². The van der Waals surface area contributed by atoms with E-state index in [4.69, 9.17) is 4.74 Å². The van der Waals surface area contributed by atoms with Crippen LogP contribution >= 0.6 is 11.3 Å². The fourth-order valence-electron chi connectivity index (χ4n) is 1.92. The second-order valence-electron chi connectivity index (χ2n) is 5.59. The van der Waals surface area contributed by atoms with E-state index in [2.05, 4.69) is 18.8 Å². The van der Waals surface area contributed by atoms with Crippen LogP contribution < -0.4 is 0 Å². The summed E-state index contributed by atoms with van der Waals surface area (Å²) in [5, 5.41) is 2.47. The third-order valence-corrected chi connectivity index (χ3v) is 3.99. The number of carbonyl (C=O) groups excluding carboxylic acids is 2. The molecule has 0 atom stereocenters. The zero-order valence-corrected chi connectivity index (χ0v) is 14.7. The highest BCUT2D eigenvalue weighted by molar-refractivity contribution is 7.09. The number of hydrogen-bond donors (Lipinski definition) is 0. The second kappa shape index (κ2) is 9.56. The lowest BCUT2D eigenvalue weighted by Crippen LogP contribution is -2.31. The Kier molecular flexibility index (Phi) is 8.09. The van der Waals surface area contributed by atoms with E-state index in [1.807, 2.05) is 11.8 Å². The number of amides is 1. The second-order valence-corrected chi connectivity index (χ2v) is 6.54. The lowest BCUT2D eigenvalue weighted by atomic mass is 10.1. The van der Waals surface area contributed by atoms with Gasteiger partial charge in [0.25, 0.3) is 0 Å². The normalized spacial score (nSPS) is 10.8. The molecule has 5 nitrogen and oxygen atoms in total. The van der Waals surface area contributed by atoms with Crippen LogP contribution in [0.5, 0.6) is 0 Å². The van der Waals surface area contributed by atoms with Gasteiger partial charge in [-0.2, -0.15) is 0 Å². The number of esters is 1. The first-order valence-corrected chi connectivity index (χ1v) is 8.75. The third kappa shape index (κ3) is 6.13. The molecule has 0 spiro atoms. The molecule has 0 aliphatic rings. The Hall–Kier alpha value is -1.43. The lowest BCUT2D eigenvalue weighted by Gasteiger charge is -2.22. The molecule has 1 aromatic heterocycles. The summed E-state index contributed by atoms with van der Waals surface area (Å²) in [6, 6.07) is 0. The summed E-state index contributed by atoms with van der Waals surface area (Å²) in [6.45, 7) is 9.58. The molecule has 6 heteroatoms. The van der Waals surface area contributed by atoms with E-state index in [-0.39, 0.29) is 5.91 Å². The summed E-state index contributed by atoms with van der Waals surface area (Å²) < 4.78 is 4.94. The van der Waals surface area contributed by atoms with Crippen molar-refractivity contribution < 1.29 is 14.3 Å². The van der Waals surface area contributed by atoms with Crippen LogP contribution in [0.3, 0.4) is 0 Å². The molecule has 0 saturated heterocycles. The topological polar surface area (TPSA) is 59.5 Å². The minimum atomic E-state index is -0.404. The standard InChI is InChI=1S/C16H26N2O3S/c1-5-7-15(19)18(9-8-12(3)4)10-14-17-13(11-22-14)16(20)21-6-2/h11-12H,5-10H2,1-4H3. The highest BCUT2D eigenvalue weighted by Crippen LogP contribution is 2.15. The Morgan fingerprint density at radius 2 is 2.09 bits per heavy atom. The molecule has 0 N–H and O–H groups in total. The fraction of sp³-hybridized carbons (Fsp3) is 0.688. The van der Waals surface area contributed by atoms with Gasteiger partial charge in [0.2, 0.25) is 5.91 Å². The molecule has 22 heavy (non-hydrogen) atoms. The number of carbonyl (C=O) groups is 2. The Labute approximate surface area is 136 Å². The lowest BCUT2D eigenvalue weighted by molar-refractivity contribution is -0.132. The van der Waals surface area contributed by atoms with Crippen LogP contribution in [0.25, 0.3) is 0 Å². The Morgan fingerprint density at radius 1 is 1.36 bits per heavy atom. The molecule has 0 aromatic carbocycles. The average Bonchev–Trinajstić information content (AvgIpc) is 2.92. The largest absolute Gasteiger partial charge is 0.461 e.